The summed E-state index contributed by atoms with van der Waals surface area (Å²) in [5.41, 5.74) is 7.54. The highest BCUT2D eigenvalue weighted by Gasteiger charge is 2.23. The third-order valence-corrected chi connectivity index (χ3v) is 10.2. The van der Waals surface area contributed by atoms with E-state index in [-0.39, 0.29) is 0 Å². The molecule has 0 aliphatic rings. The van der Waals surface area contributed by atoms with Crippen LogP contribution in [0, 0.1) is 0 Å². The molecule has 0 spiro atoms. The summed E-state index contributed by atoms with van der Waals surface area (Å²) in [6.07, 6.45) is 0. The molecule has 3 aromatic heterocycles. The Balaban J connectivity index is 1.23. The Labute approximate surface area is 298 Å². The van der Waals surface area contributed by atoms with E-state index in [1.165, 1.54) is 21.5 Å². The molecule has 0 unspecified atom stereocenters. The third-order valence-electron chi connectivity index (χ3n) is 10.2. The zero-order valence-electron chi connectivity index (χ0n) is 27.9. The van der Waals surface area contributed by atoms with E-state index in [1.807, 2.05) is 42.5 Å². The third kappa shape index (κ3) is 4.33. The predicted molar refractivity (Wildman–Crippen MR) is 213 cm³/mol. The topological polar surface area (TPSA) is 56.7 Å². The zero-order chi connectivity index (χ0) is 34.2. The van der Waals surface area contributed by atoms with Crippen molar-refractivity contribution in [1.82, 2.24) is 19.5 Å². The van der Waals surface area contributed by atoms with E-state index in [2.05, 4.69) is 132 Å². The lowest BCUT2D eigenvalue weighted by molar-refractivity contribution is 0.669. The average Bonchev–Trinajstić information content (AvgIpc) is 3.76. The van der Waals surface area contributed by atoms with Gasteiger partial charge in [0.2, 0.25) is 0 Å². The molecule has 5 nitrogen and oxygen atoms in total. The Kier molecular flexibility index (Phi) is 6.18. The molecule has 11 aromatic rings. The molecule has 0 aliphatic heterocycles. The molecule has 242 valence electrons. The first-order valence-electron chi connectivity index (χ1n) is 17.5. The van der Waals surface area contributed by atoms with Crippen molar-refractivity contribution in [3.63, 3.8) is 0 Å². The van der Waals surface area contributed by atoms with Crippen molar-refractivity contribution in [3.8, 4) is 39.9 Å². The maximum atomic E-state index is 6.82. The molecule has 11 rings (SSSR count). The van der Waals surface area contributed by atoms with Gasteiger partial charge in [-0.3, -0.25) is 0 Å². The fourth-order valence-corrected chi connectivity index (χ4v) is 7.84. The van der Waals surface area contributed by atoms with Crippen molar-refractivity contribution in [3.05, 3.63) is 170 Å². The Morgan fingerprint density at radius 2 is 1.04 bits per heavy atom. The summed E-state index contributed by atoms with van der Waals surface area (Å²) in [4.78, 5) is 15.4. The lowest BCUT2D eigenvalue weighted by Gasteiger charge is -2.13. The van der Waals surface area contributed by atoms with Crippen LogP contribution >= 0.6 is 0 Å². The van der Waals surface area contributed by atoms with Gasteiger partial charge in [-0.1, -0.05) is 133 Å². The van der Waals surface area contributed by atoms with Crippen molar-refractivity contribution in [2.45, 2.75) is 0 Å². The first kappa shape index (κ1) is 28.7. The van der Waals surface area contributed by atoms with E-state index in [0.717, 1.165) is 66.1 Å². The van der Waals surface area contributed by atoms with Crippen molar-refractivity contribution in [1.29, 1.82) is 0 Å². The molecule has 5 heteroatoms. The summed E-state index contributed by atoms with van der Waals surface area (Å²) >= 11 is 0. The Hall–Kier alpha value is -7.11. The number of rotatable bonds is 4. The largest absolute Gasteiger partial charge is 0.455 e. The highest BCUT2D eigenvalue weighted by Crippen LogP contribution is 2.43. The van der Waals surface area contributed by atoms with Crippen molar-refractivity contribution in [2.75, 3.05) is 0 Å². The van der Waals surface area contributed by atoms with Crippen molar-refractivity contribution < 1.29 is 4.42 Å². The lowest BCUT2D eigenvalue weighted by Crippen LogP contribution is -2.01. The van der Waals surface area contributed by atoms with Crippen molar-refractivity contribution >= 4 is 65.3 Å². The Morgan fingerprint density at radius 1 is 0.404 bits per heavy atom. The number of hydrogen-bond acceptors (Lipinski definition) is 4. The number of benzene rings is 8. The Bertz CT molecular complexity index is 3190. The molecule has 0 saturated carbocycles. The number of furan rings is 1. The van der Waals surface area contributed by atoms with Gasteiger partial charge in [-0.15, -0.1) is 0 Å². The van der Waals surface area contributed by atoms with Crippen LogP contribution in [0.1, 0.15) is 0 Å². The standard InChI is InChI=1S/C47H28N4O/c1-2-14-30(15-3-1)45-48-46(35-22-12-18-29-13-6-7-19-33(29)35)50-47(49-45)37-25-26-40(43-36-21-9-11-24-42(36)52-44(37)43)51-39-23-10-8-20-34(39)38-27-31-16-4-5-17-32(31)28-41(38)51/h1-28H. The predicted octanol–water partition coefficient (Wildman–Crippen LogP) is 12.2. The van der Waals surface area contributed by atoms with Gasteiger partial charge in [0, 0.05) is 27.3 Å². The van der Waals surface area contributed by atoms with Gasteiger partial charge < -0.3 is 8.98 Å². The molecular weight excluding hydrogens is 637 g/mol. The lowest BCUT2D eigenvalue weighted by atomic mass is 10.0. The van der Waals surface area contributed by atoms with Crippen LogP contribution in [0.3, 0.4) is 0 Å². The zero-order valence-corrected chi connectivity index (χ0v) is 27.9. The second-order valence-electron chi connectivity index (χ2n) is 13.2. The number of aromatic nitrogens is 4. The number of nitrogens with zero attached hydrogens (tertiary/aromatic N) is 4. The van der Waals surface area contributed by atoms with E-state index in [0.29, 0.717) is 17.5 Å². The normalized spacial score (nSPS) is 11.8. The fourth-order valence-electron chi connectivity index (χ4n) is 7.84. The molecule has 0 aliphatic carbocycles. The van der Waals surface area contributed by atoms with Crippen LogP contribution in [-0.4, -0.2) is 19.5 Å². The van der Waals surface area contributed by atoms with Gasteiger partial charge in [-0.05, 0) is 57.9 Å². The first-order chi connectivity index (χ1) is 25.8. The summed E-state index contributed by atoms with van der Waals surface area (Å²) in [5.74, 6) is 1.78. The number of para-hydroxylation sites is 2. The van der Waals surface area contributed by atoms with Gasteiger partial charge in [-0.25, -0.2) is 15.0 Å². The van der Waals surface area contributed by atoms with E-state index >= 15 is 0 Å². The highest BCUT2D eigenvalue weighted by atomic mass is 16.3. The van der Waals surface area contributed by atoms with Gasteiger partial charge in [-0.2, -0.15) is 0 Å². The second kappa shape index (κ2) is 11.2. The molecular formula is C47H28N4O. The van der Waals surface area contributed by atoms with Crippen LogP contribution in [0.2, 0.25) is 0 Å². The number of hydrogen-bond donors (Lipinski definition) is 0. The Morgan fingerprint density at radius 3 is 1.88 bits per heavy atom. The maximum Gasteiger partial charge on any atom is 0.167 e. The van der Waals surface area contributed by atoms with Gasteiger partial charge >= 0.3 is 0 Å². The molecule has 0 fully saturated rings. The quantitative estimate of drug-likeness (QED) is 0.188. The first-order valence-corrected chi connectivity index (χ1v) is 17.5. The van der Waals surface area contributed by atoms with E-state index in [9.17, 15) is 0 Å². The molecule has 0 radical (unpaired) electrons. The minimum Gasteiger partial charge on any atom is -0.455 e. The van der Waals surface area contributed by atoms with E-state index < -0.39 is 0 Å². The van der Waals surface area contributed by atoms with E-state index in [1.54, 1.807) is 0 Å². The van der Waals surface area contributed by atoms with Gasteiger partial charge in [0.25, 0.3) is 0 Å². The minimum absolute atomic E-state index is 0.556. The minimum atomic E-state index is 0.556. The SMILES string of the molecule is c1ccc(-c2nc(-c3cccc4ccccc34)nc(-c3ccc(-n4c5ccccc5c5cc6ccccc6cc54)c4c3oc3ccccc34)n2)cc1. The summed E-state index contributed by atoms with van der Waals surface area (Å²) in [6, 6.07) is 59.1. The monoisotopic (exact) mass is 664 g/mol. The summed E-state index contributed by atoms with van der Waals surface area (Å²) in [5, 5.41) is 9.10. The molecule has 0 bridgehead atoms. The summed E-state index contributed by atoms with van der Waals surface area (Å²) < 4.78 is 9.20. The molecule has 0 amide bonds. The van der Waals surface area contributed by atoms with Crippen LogP contribution in [-0.2, 0) is 0 Å². The van der Waals surface area contributed by atoms with Crippen LogP contribution in [0.25, 0.3) is 105 Å². The maximum absolute atomic E-state index is 6.82. The molecule has 52 heavy (non-hydrogen) atoms. The van der Waals surface area contributed by atoms with Crippen LogP contribution in [0.4, 0.5) is 0 Å². The molecule has 8 aromatic carbocycles. The molecule has 0 atom stereocenters. The number of fused-ring (bicyclic) bond motifs is 8. The van der Waals surface area contributed by atoms with Crippen LogP contribution in [0.15, 0.2) is 174 Å². The molecule has 3 heterocycles. The van der Waals surface area contributed by atoms with Gasteiger partial charge in [0.05, 0.1) is 27.7 Å². The van der Waals surface area contributed by atoms with E-state index in [4.69, 9.17) is 19.4 Å². The van der Waals surface area contributed by atoms with Crippen LogP contribution in [0.5, 0.6) is 0 Å². The summed E-state index contributed by atoms with van der Waals surface area (Å²) in [6.45, 7) is 0. The van der Waals surface area contributed by atoms with Crippen LogP contribution < -0.4 is 0 Å². The molecule has 0 N–H and O–H groups in total. The van der Waals surface area contributed by atoms with Gasteiger partial charge in [0.1, 0.15) is 11.2 Å². The highest BCUT2D eigenvalue weighted by molar-refractivity contribution is 6.18. The summed E-state index contributed by atoms with van der Waals surface area (Å²) in [7, 11) is 0. The smallest absolute Gasteiger partial charge is 0.167 e. The molecule has 0 saturated heterocycles. The van der Waals surface area contributed by atoms with Crippen molar-refractivity contribution in [2.24, 2.45) is 0 Å². The van der Waals surface area contributed by atoms with Gasteiger partial charge in [0.15, 0.2) is 17.5 Å². The second-order valence-corrected chi connectivity index (χ2v) is 13.2. The fraction of sp³-hybridized carbons (Fsp3) is 0. The average molecular weight is 665 g/mol.